The number of hydrogen-bond donors (Lipinski definition) is 1. The number of imidazole rings is 1. The average molecular weight is 573 g/mol. The van der Waals surface area contributed by atoms with Gasteiger partial charge in [-0.25, -0.2) is 14.2 Å². The Morgan fingerprint density at radius 2 is 1.60 bits per heavy atom. The fourth-order valence-corrected chi connectivity index (χ4v) is 4.69. The van der Waals surface area contributed by atoms with Crippen molar-refractivity contribution in [1.29, 1.82) is 0 Å². The Morgan fingerprint density at radius 3 is 2.23 bits per heavy atom. The predicted octanol–water partition coefficient (Wildman–Crippen LogP) is 9.34. The summed E-state index contributed by atoms with van der Waals surface area (Å²) in [5.74, 6) is -0.618. The second-order valence-electron chi connectivity index (χ2n) is 8.92. The Bertz CT molecular complexity index is 1710. The first-order valence-electron chi connectivity index (χ1n) is 12.4. The summed E-state index contributed by atoms with van der Waals surface area (Å²) in [6, 6.07) is 24.5. The average Bonchev–Trinajstić information content (AvgIpc) is 3.35. The number of aromatic nitrogens is 2. The maximum atomic E-state index is 13.9. The number of carboxylic acid groups (broad SMARTS) is 1. The van der Waals surface area contributed by atoms with Crippen LogP contribution < -0.4 is 4.74 Å². The number of ether oxygens (including phenoxy) is 1. The quantitative estimate of drug-likeness (QED) is 0.201. The van der Waals surface area contributed by atoms with E-state index in [1.807, 2.05) is 60.8 Å². The minimum absolute atomic E-state index is 0.221. The van der Waals surface area contributed by atoms with Gasteiger partial charge in [-0.1, -0.05) is 65.7 Å². The van der Waals surface area contributed by atoms with Gasteiger partial charge in [0, 0.05) is 29.4 Å². The van der Waals surface area contributed by atoms with Gasteiger partial charge in [0.05, 0.1) is 16.3 Å². The maximum absolute atomic E-state index is 13.9. The van der Waals surface area contributed by atoms with Crippen molar-refractivity contribution < 1.29 is 19.0 Å². The van der Waals surface area contributed by atoms with Crippen molar-refractivity contribution >= 4 is 41.3 Å². The van der Waals surface area contributed by atoms with Crippen LogP contribution in [0.15, 0.2) is 91.1 Å². The molecule has 0 aliphatic heterocycles. The molecule has 0 saturated heterocycles. The van der Waals surface area contributed by atoms with E-state index in [2.05, 4.69) is 11.5 Å². The zero-order valence-corrected chi connectivity index (χ0v) is 22.8. The lowest BCUT2D eigenvalue weighted by molar-refractivity contribution is 0.0692. The van der Waals surface area contributed by atoms with Gasteiger partial charge < -0.3 is 14.4 Å². The normalized spacial score (nSPS) is 11.2. The number of carboxylic acids is 1. The van der Waals surface area contributed by atoms with E-state index in [4.69, 9.17) is 38.0 Å². The van der Waals surface area contributed by atoms with E-state index in [0.29, 0.717) is 15.8 Å². The van der Waals surface area contributed by atoms with E-state index in [-0.39, 0.29) is 5.75 Å². The van der Waals surface area contributed by atoms with Crippen LogP contribution >= 0.6 is 23.2 Å². The van der Waals surface area contributed by atoms with Crippen LogP contribution in [0.3, 0.4) is 0 Å². The molecule has 0 spiro atoms. The Labute approximate surface area is 240 Å². The summed E-state index contributed by atoms with van der Waals surface area (Å²) in [6.45, 7) is 2.82. The second-order valence-corrected chi connectivity index (χ2v) is 9.77. The lowest BCUT2D eigenvalue weighted by Crippen LogP contribution is -2.00. The van der Waals surface area contributed by atoms with Gasteiger partial charge in [0.25, 0.3) is 0 Å². The van der Waals surface area contributed by atoms with Crippen molar-refractivity contribution in [3.8, 4) is 33.9 Å². The molecule has 0 unspecified atom stereocenters. The maximum Gasteiger partial charge on any atom is 0.338 e. The lowest BCUT2D eigenvalue weighted by atomic mass is 10.0. The molecule has 40 heavy (non-hydrogen) atoms. The number of rotatable bonds is 8. The second kappa shape index (κ2) is 11.8. The van der Waals surface area contributed by atoms with Crippen LogP contribution in [0.4, 0.5) is 4.39 Å². The number of carbonyl (C=O) groups is 1. The molecule has 0 amide bonds. The van der Waals surface area contributed by atoms with Gasteiger partial charge in [0.15, 0.2) is 0 Å². The van der Waals surface area contributed by atoms with E-state index < -0.39 is 17.3 Å². The molecule has 8 heteroatoms. The van der Waals surface area contributed by atoms with Crippen LogP contribution in [0.2, 0.25) is 10.0 Å². The Morgan fingerprint density at radius 1 is 0.925 bits per heavy atom. The highest BCUT2D eigenvalue weighted by Crippen LogP contribution is 2.31. The first-order chi connectivity index (χ1) is 19.3. The van der Waals surface area contributed by atoms with Gasteiger partial charge in [0.1, 0.15) is 23.1 Å². The van der Waals surface area contributed by atoms with Gasteiger partial charge in [-0.3, -0.25) is 0 Å². The summed E-state index contributed by atoms with van der Waals surface area (Å²) in [5.41, 5.74) is 4.25. The fraction of sp³-hybridized carbons (Fsp3) is 0.0625. The van der Waals surface area contributed by atoms with Crippen LogP contribution in [0.5, 0.6) is 11.5 Å². The van der Waals surface area contributed by atoms with E-state index >= 15 is 0 Å². The smallest absolute Gasteiger partial charge is 0.338 e. The molecule has 0 saturated carbocycles. The summed E-state index contributed by atoms with van der Waals surface area (Å²) < 4.78 is 21.7. The number of aryl methyl sites for hydroxylation is 1. The van der Waals surface area contributed by atoms with Crippen LogP contribution in [0.25, 0.3) is 34.5 Å². The highest BCUT2D eigenvalue weighted by atomic mass is 35.5. The third kappa shape index (κ3) is 6.09. The third-order valence-electron chi connectivity index (χ3n) is 6.29. The SMILES string of the molecule is CCn1cc(-c2ccc(Cl)cc2Cl)nc1C=Cc1ccc(-c2ccc(Oc3ccc(C(=O)O)c(F)c3)cc2)cc1. The number of benzene rings is 4. The fourth-order valence-electron chi connectivity index (χ4n) is 4.19. The van der Waals surface area contributed by atoms with Crippen LogP contribution in [0.1, 0.15) is 28.7 Å². The van der Waals surface area contributed by atoms with Crippen molar-refractivity contribution in [3.63, 3.8) is 0 Å². The van der Waals surface area contributed by atoms with Gasteiger partial charge in [-0.15, -0.1) is 0 Å². The van der Waals surface area contributed by atoms with Crippen LogP contribution in [-0.4, -0.2) is 20.6 Å². The molecule has 1 aromatic heterocycles. The monoisotopic (exact) mass is 572 g/mol. The zero-order valence-electron chi connectivity index (χ0n) is 21.3. The highest BCUT2D eigenvalue weighted by molar-refractivity contribution is 6.36. The molecule has 0 atom stereocenters. The lowest BCUT2D eigenvalue weighted by Gasteiger charge is -2.08. The van der Waals surface area contributed by atoms with Crippen molar-refractivity contribution in [2.24, 2.45) is 0 Å². The summed E-state index contributed by atoms with van der Waals surface area (Å²) in [7, 11) is 0. The minimum Gasteiger partial charge on any atom is -0.478 e. The van der Waals surface area contributed by atoms with E-state index in [1.165, 1.54) is 12.1 Å². The van der Waals surface area contributed by atoms with Crippen LogP contribution in [-0.2, 0) is 6.54 Å². The van der Waals surface area contributed by atoms with E-state index in [9.17, 15) is 9.18 Å². The standard InChI is InChI=1S/C32H23Cl2FN2O3/c1-2-37-19-30(26-14-10-23(33)17-28(26)34)36-31(37)16-5-20-3-6-21(7-4-20)22-8-11-24(12-9-22)40-25-13-15-27(32(38)39)29(35)18-25/h3-19H,2H2,1H3,(H,38,39). The molecule has 5 rings (SSSR count). The minimum atomic E-state index is -1.32. The Kier molecular flexibility index (Phi) is 8.01. The molecule has 1 N–H and O–H groups in total. The topological polar surface area (TPSA) is 64.4 Å². The van der Waals surface area contributed by atoms with Crippen molar-refractivity contribution in [2.75, 3.05) is 0 Å². The first-order valence-corrected chi connectivity index (χ1v) is 13.2. The van der Waals surface area contributed by atoms with Gasteiger partial charge >= 0.3 is 5.97 Å². The summed E-state index contributed by atoms with van der Waals surface area (Å²) in [4.78, 5) is 15.8. The Balaban J connectivity index is 1.27. The Hall–Kier alpha value is -4.39. The van der Waals surface area contributed by atoms with Crippen molar-refractivity contribution in [2.45, 2.75) is 13.5 Å². The predicted molar refractivity (Wildman–Crippen MR) is 158 cm³/mol. The molecule has 1 heterocycles. The summed E-state index contributed by atoms with van der Waals surface area (Å²) in [6.07, 6.45) is 5.97. The van der Waals surface area contributed by atoms with Crippen LogP contribution in [0, 0.1) is 5.82 Å². The highest BCUT2D eigenvalue weighted by Gasteiger charge is 2.12. The largest absolute Gasteiger partial charge is 0.478 e. The molecule has 0 fully saturated rings. The third-order valence-corrected chi connectivity index (χ3v) is 6.83. The molecular formula is C32H23Cl2FN2O3. The summed E-state index contributed by atoms with van der Waals surface area (Å²) in [5, 5.41) is 10.1. The molecule has 5 aromatic rings. The molecule has 5 nitrogen and oxygen atoms in total. The summed E-state index contributed by atoms with van der Waals surface area (Å²) >= 11 is 12.4. The number of nitrogens with zero attached hydrogens (tertiary/aromatic N) is 2. The molecule has 0 radical (unpaired) electrons. The van der Waals surface area contributed by atoms with E-state index in [1.54, 1.807) is 24.3 Å². The van der Waals surface area contributed by atoms with Crippen molar-refractivity contribution in [1.82, 2.24) is 9.55 Å². The zero-order chi connectivity index (χ0) is 28.2. The first kappa shape index (κ1) is 27.2. The number of aromatic carboxylic acids is 1. The van der Waals surface area contributed by atoms with Gasteiger partial charge in [-0.2, -0.15) is 0 Å². The molecular weight excluding hydrogens is 550 g/mol. The molecule has 4 aromatic carbocycles. The number of hydrogen-bond acceptors (Lipinski definition) is 3. The molecule has 0 bridgehead atoms. The van der Waals surface area contributed by atoms with Gasteiger partial charge in [-0.05, 0) is 72.2 Å². The van der Waals surface area contributed by atoms with Crippen molar-refractivity contribution in [3.05, 3.63) is 124 Å². The van der Waals surface area contributed by atoms with Gasteiger partial charge in [0.2, 0.25) is 0 Å². The molecule has 0 aliphatic rings. The van der Waals surface area contributed by atoms with E-state index in [0.717, 1.165) is 46.4 Å². The molecule has 200 valence electrons. The molecule has 0 aliphatic carbocycles. The number of halogens is 3.